The quantitative estimate of drug-likeness (QED) is 0.128. The van der Waals surface area contributed by atoms with Crippen molar-refractivity contribution < 1.29 is 27.8 Å². The molecular weight excluding hydrogens is 589 g/mol. The first-order valence-electron chi connectivity index (χ1n) is 13.3. The van der Waals surface area contributed by atoms with E-state index in [1.165, 1.54) is 38.1 Å². The van der Waals surface area contributed by atoms with Crippen LogP contribution in [-0.2, 0) is 45.0 Å². The number of aromatic nitrogens is 2. The molecule has 0 fully saturated rings. The number of halogens is 4. The van der Waals surface area contributed by atoms with Crippen molar-refractivity contribution in [3.63, 3.8) is 0 Å². The van der Waals surface area contributed by atoms with Crippen LogP contribution in [0.15, 0.2) is 48.8 Å². The molecule has 8 nitrogen and oxygen atoms in total. The summed E-state index contributed by atoms with van der Waals surface area (Å²) < 4.78 is 42.3. The van der Waals surface area contributed by atoms with Crippen LogP contribution in [0, 0.1) is 11.6 Å². The monoisotopic (exact) mass is 620 g/mol. The summed E-state index contributed by atoms with van der Waals surface area (Å²) in [6.07, 6.45) is 6.67. The van der Waals surface area contributed by atoms with Crippen molar-refractivity contribution in [1.29, 1.82) is 0 Å². The Bertz CT molecular complexity index is 1580. The van der Waals surface area contributed by atoms with Crippen LogP contribution in [0.3, 0.4) is 0 Å². The van der Waals surface area contributed by atoms with Crippen LogP contribution < -0.4 is 11.5 Å². The molecule has 12 heteroatoms. The van der Waals surface area contributed by atoms with Gasteiger partial charge in [-0.2, -0.15) is 0 Å². The molecule has 0 aliphatic heterocycles. The minimum Gasteiger partial charge on any atom is -0.439 e. The van der Waals surface area contributed by atoms with Crippen molar-refractivity contribution in [2.45, 2.75) is 65.1 Å². The van der Waals surface area contributed by atoms with Gasteiger partial charge in [0.2, 0.25) is 0 Å². The molecule has 0 spiro atoms. The number of rotatable bonds is 10. The van der Waals surface area contributed by atoms with Gasteiger partial charge in [0, 0.05) is 35.3 Å². The summed E-state index contributed by atoms with van der Waals surface area (Å²) in [5, 5.41) is 1.29. The molecule has 0 saturated carbocycles. The Hall–Kier alpha value is -3.44. The fraction of sp³-hybridized carbons (Fsp3) is 0.333. The van der Waals surface area contributed by atoms with Gasteiger partial charge in [-0.15, -0.1) is 0 Å². The van der Waals surface area contributed by atoms with E-state index in [4.69, 9.17) is 44.1 Å². The Kier molecular flexibility index (Phi) is 9.03. The lowest BCUT2D eigenvalue weighted by Crippen LogP contribution is -2.45. The van der Waals surface area contributed by atoms with Crippen LogP contribution in [0.1, 0.15) is 38.8 Å². The molecule has 0 saturated heterocycles. The fourth-order valence-electron chi connectivity index (χ4n) is 4.95. The molecule has 4 rings (SSSR count). The molecule has 2 atom stereocenters. The minimum atomic E-state index is -1.49. The zero-order valence-electron chi connectivity index (χ0n) is 23.6. The van der Waals surface area contributed by atoms with Gasteiger partial charge >= 0.3 is 11.9 Å². The number of benzene rings is 2. The minimum absolute atomic E-state index is 0.0366. The lowest BCUT2D eigenvalue weighted by atomic mass is 10.1. The summed E-state index contributed by atoms with van der Waals surface area (Å²) in [6.45, 7) is 6.94. The Labute approximate surface area is 251 Å². The molecule has 0 aliphatic rings. The molecule has 4 aromatic rings. The molecule has 0 amide bonds. The molecule has 0 unspecified atom stereocenters. The standard InChI is InChI=1S/C30H32Cl2F2N4O4/c1-5-17-13-37(25-11-21(31)23(33)9-19(17)25)15-29(3,35)41-27(39)7-8-28(40)42-30(4,36)16-38-14-18(6-2)20-10-24(34)22(32)12-26(20)38/h7-14H,5-6,15-16,35-36H2,1-4H3/b8-7+/t29-,30-/m0/s1. The first kappa shape index (κ1) is 31.5. The molecule has 0 aliphatic carbocycles. The first-order chi connectivity index (χ1) is 19.6. The van der Waals surface area contributed by atoms with E-state index in [9.17, 15) is 18.4 Å². The van der Waals surface area contributed by atoms with E-state index in [2.05, 4.69) is 0 Å². The average molecular weight is 622 g/mol. The average Bonchev–Trinajstić information content (AvgIpc) is 3.38. The van der Waals surface area contributed by atoms with E-state index in [0.29, 0.717) is 34.6 Å². The number of ether oxygens (including phenoxy) is 2. The normalized spacial score (nSPS) is 14.8. The molecule has 2 heterocycles. The van der Waals surface area contributed by atoms with Crippen molar-refractivity contribution in [3.8, 4) is 0 Å². The molecule has 0 radical (unpaired) electrons. The van der Waals surface area contributed by atoms with E-state index in [1.54, 1.807) is 21.5 Å². The van der Waals surface area contributed by atoms with Gasteiger partial charge in [-0.05, 0) is 62.1 Å². The van der Waals surface area contributed by atoms with Crippen molar-refractivity contribution in [3.05, 3.63) is 81.6 Å². The Morgan fingerprint density at radius 2 is 1.14 bits per heavy atom. The highest BCUT2D eigenvalue weighted by Crippen LogP contribution is 2.30. The topological polar surface area (TPSA) is 114 Å². The highest BCUT2D eigenvalue weighted by atomic mass is 35.5. The first-order valence-corrected chi connectivity index (χ1v) is 14.0. The summed E-state index contributed by atoms with van der Waals surface area (Å²) in [7, 11) is 0. The van der Waals surface area contributed by atoms with Crippen LogP contribution in [0.4, 0.5) is 8.78 Å². The number of hydrogen-bond donors (Lipinski definition) is 2. The smallest absolute Gasteiger partial charge is 0.332 e. The second kappa shape index (κ2) is 12.0. The summed E-state index contributed by atoms with van der Waals surface area (Å²) in [6, 6.07) is 5.72. The number of carbonyl (C=O) groups is 2. The number of esters is 2. The largest absolute Gasteiger partial charge is 0.439 e. The number of hydrogen-bond acceptors (Lipinski definition) is 6. The lowest BCUT2D eigenvalue weighted by molar-refractivity contribution is -0.155. The lowest BCUT2D eigenvalue weighted by Gasteiger charge is -2.26. The second-order valence-electron chi connectivity index (χ2n) is 10.6. The summed E-state index contributed by atoms with van der Waals surface area (Å²) in [5.74, 6) is -2.83. The summed E-state index contributed by atoms with van der Waals surface area (Å²) in [5.41, 5.74) is 12.6. The predicted molar refractivity (Wildman–Crippen MR) is 159 cm³/mol. The fourth-order valence-corrected chi connectivity index (χ4v) is 5.26. The van der Waals surface area contributed by atoms with Gasteiger partial charge in [0.25, 0.3) is 0 Å². The van der Waals surface area contributed by atoms with Crippen LogP contribution in [0.25, 0.3) is 21.8 Å². The van der Waals surface area contributed by atoms with Crippen molar-refractivity contribution in [1.82, 2.24) is 9.13 Å². The number of aryl methyl sites for hydroxylation is 2. The van der Waals surface area contributed by atoms with Gasteiger partial charge in [-0.1, -0.05) is 37.0 Å². The Morgan fingerprint density at radius 1 is 0.786 bits per heavy atom. The third-order valence-electron chi connectivity index (χ3n) is 6.76. The number of fused-ring (bicyclic) bond motifs is 2. The molecule has 0 bridgehead atoms. The SMILES string of the molecule is CCc1cn(C[C@@](C)(N)OC(=O)/C=C/C(=O)O[C@](C)(N)Cn2cc(CC)c3cc(F)c(Cl)cc32)c2cc(Cl)c(F)cc12. The van der Waals surface area contributed by atoms with Gasteiger partial charge in [-0.3, -0.25) is 11.5 Å². The van der Waals surface area contributed by atoms with Gasteiger partial charge in [0.15, 0.2) is 11.4 Å². The van der Waals surface area contributed by atoms with Crippen LogP contribution in [0.5, 0.6) is 0 Å². The molecule has 4 N–H and O–H groups in total. The maximum absolute atomic E-state index is 14.0. The number of nitrogens with two attached hydrogens (primary N) is 2. The highest BCUT2D eigenvalue weighted by molar-refractivity contribution is 6.31. The van der Waals surface area contributed by atoms with Gasteiger partial charge < -0.3 is 18.6 Å². The van der Waals surface area contributed by atoms with E-state index < -0.39 is 35.0 Å². The Morgan fingerprint density at radius 3 is 1.48 bits per heavy atom. The van der Waals surface area contributed by atoms with Crippen LogP contribution >= 0.6 is 23.2 Å². The van der Waals surface area contributed by atoms with Gasteiger partial charge in [-0.25, -0.2) is 18.4 Å². The van der Waals surface area contributed by atoms with E-state index in [0.717, 1.165) is 23.3 Å². The maximum Gasteiger partial charge on any atom is 0.332 e. The second-order valence-corrected chi connectivity index (χ2v) is 11.5. The van der Waals surface area contributed by atoms with Crippen LogP contribution in [-0.4, -0.2) is 32.5 Å². The van der Waals surface area contributed by atoms with Gasteiger partial charge in [0.05, 0.1) is 34.2 Å². The molecule has 2 aromatic carbocycles. The zero-order valence-corrected chi connectivity index (χ0v) is 25.2. The van der Waals surface area contributed by atoms with E-state index in [-0.39, 0.29) is 23.1 Å². The Balaban J connectivity index is 1.41. The van der Waals surface area contributed by atoms with E-state index in [1.807, 2.05) is 13.8 Å². The zero-order chi connectivity index (χ0) is 31.0. The van der Waals surface area contributed by atoms with Crippen molar-refractivity contribution in [2.24, 2.45) is 11.5 Å². The maximum atomic E-state index is 14.0. The molecule has 224 valence electrons. The highest BCUT2D eigenvalue weighted by Gasteiger charge is 2.27. The van der Waals surface area contributed by atoms with Gasteiger partial charge in [0.1, 0.15) is 11.6 Å². The van der Waals surface area contributed by atoms with Crippen molar-refractivity contribution in [2.75, 3.05) is 0 Å². The van der Waals surface area contributed by atoms with Crippen molar-refractivity contribution >= 4 is 56.9 Å². The number of carbonyl (C=O) groups excluding carboxylic acids is 2. The van der Waals surface area contributed by atoms with Crippen LogP contribution in [0.2, 0.25) is 10.0 Å². The molecular formula is C30H32Cl2F2N4O4. The summed E-state index contributed by atoms with van der Waals surface area (Å²) in [4.78, 5) is 25.0. The summed E-state index contributed by atoms with van der Waals surface area (Å²) >= 11 is 12.0. The molecule has 2 aromatic heterocycles. The third kappa shape index (κ3) is 6.95. The van der Waals surface area contributed by atoms with E-state index >= 15 is 0 Å². The molecule has 42 heavy (non-hydrogen) atoms. The predicted octanol–water partition coefficient (Wildman–Crippen LogP) is 6.00. The number of nitrogens with zero attached hydrogens (tertiary/aromatic N) is 2. The third-order valence-corrected chi connectivity index (χ3v) is 7.34.